The number of fused-ring (bicyclic) bond motifs is 4. The molecule has 5 nitrogen and oxygen atoms in total. The number of hydrogen-bond donors (Lipinski definition) is 2. The van der Waals surface area contributed by atoms with Crippen LogP contribution < -0.4 is 5.32 Å². The fourth-order valence-corrected chi connectivity index (χ4v) is 4.75. The number of nitrogens with one attached hydrogen (secondary N) is 1. The first-order valence-electron chi connectivity index (χ1n) is 9.33. The van der Waals surface area contributed by atoms with Crippen molar-refractivity contribution in [3.63, 3.8) is 0 Å². The summed E-state index contributed by atoms with van der Waals surface area (Å²) >= 11 is 0. The topological polar surface area (TPSA) is 67.2 Å². The van der Waals surface area contributed by atoms with Crippen LogP contribution in [-0.4, -0.2) is 27.6 Å². The smallest absolute Gasteiger partial charge is 0.251 e. The number of rotatable bonds is 2. The van der Waals surface area contributed by atoms with Crippen LogP contribution in [0.1, 0.15) is 45.6 Å². The van der Waals surface area contributed by atoms with Crippen LogP contribution in [0.3, 0.4) is 0 Å². The summed E-state index contributed by atoms with van der Waals surface area (Å²) in [6.45, 7) is 0. The minimum atomic E-state index is -0.570. The molecule has 2 heterocycles. The lowest BCUT2D eigenvalue weighted by Crippen LogP contribution is -2.29. The summed E-state index contributed by atoms with van der Waals surface area (Å²) in [4.78, 5) is 16.2. The van der Waals surface area contributed by atoms with Gasteiger partial charge in [0.1, 0.15) is 0 Å². The van der Waals surface area contributed by atoms with Crippen molar-refractivity contribution in [1.82, 2.24) is 14.9 Å². The maximum absolute atomic E-state index is 11.9. The quantitative estimate of drug-likeness (QED) is 0.739. The minimum Gasteiger partial charge on any atom is -0.388 e. The third-order valence-corrected chi connectivity index (χ3v) is 6.03. The molecule has 0 bridgehead atoms. The molecule has 2 N–H and O–H groups in total. The lowest BCUT2D eigenvalue weighted by Gasteiger charge is -2.35. The lowest BCUT2D eigenvalue weighted by molar-refractivity contribution is 0.0719. The van der Waals surface area contributed by atoms with Gasteiger partial charge in [0.15, 0.2) is 0 Å². The van der Waals surface area contributed by atoms with Crippen LogP contribution >= 0.6 is 0 Å². The van der Waals surface area contributed by atoms with Crippen molar-refractivity contribution in [2.24, 2.45) is 5.92 Å². The molecule has 1 amide bonds. The summed E-state index contributed by atoms with van der Waals surface area (Å²) in [6, 6.07) is 14.1. The number of benzene rings is 2. The van der Waals surface area contributed by atoms with E-state index in [-0.39, 0.29) is 17.9 Å². The van der Waals surface area contributed by atoms with Crippen molar-refractivity contribution in [3.8, 4) is 11.3 Å². The fourth-order valence-electron chi connectivity index (χ4n) is 4.75. The Bertz CT molecular complexity index is 1040. The van der Waals surface area contributed by atoms with Gasteiger partial charge in [-0.1, -0.05) is 30.3 Å². The van der Waals surface area contributed by atoms with Crippen LogP contribution in [0.5, 0.6) is 0 Å². The van der Waals surface area contributed by atoms with Crippen LogP contribution in [-0.2, 0) is 6.42 Å². The Balaban J connectivity index is 1.54. The van der Waals surface area contributed by atoms with E-state index >= 15 is 0 Å². The van der Waals surface area contributed by atoms with Gasteiger partial charge in [0.05, 0.1) is 30.4 Å². The number of aliphatic hydroxyl groups is 1. The summed E-state index contributed by atoms with van der Waals surface area (Å²) in [6.07, 6.45) is 4.92. The molecule has 0 spiro atoms. The SMILES string of the molecule is CNC(=O)c1ccc2c(c1)CC[C@H]([C@H]1c3ccccc3-c3cncn31)[C@@H]2O. The summed E-state index contributed by atoms with van der Waals surface area (Å²) in [5.74, 6) is -0.0258. The number of imidazole rings is 1. The van der Waals surface area contributed by atoms with Crippen molar-refractivity contribution in [3.05, 3.63) is 77.2 Å². The Morgan fingerprint density at radius 1 is 1.22 bits per heavy atom. The van der Waals surface area contributed by atoms with Gasteiger partial charge < -0.3 is 15.0 Å². The standard InChI is InChI=1S/C22H21N3O2/c1-23-22(27)14-7-8-15-13(10-14)6-9-18(21(15)26)20-17-5-3-2-4-16(17)19-11-24-12-25(19)20/h2-5,7-8,10-12,18,20-21,26H,6,9H2,1H3,(H,23,27)/t18-,20-,21-/m1/s1. The van der Waals surface area contributed by atoms with Gasteiger partial charge in [0.25, 0.3) is 5.91 Å². The van der Waals surface area contributed by atoms with Gasteiger partial charge >= 0.3 is 0 Å². The second-order valence-corrected chi connectivity index (χ2v) is 7.36. The highest BCUT2D eigenvalue weighted by molar-refractivity contribution is 5.94. The Labute approximate surface area is 157 Å². The summed E-state index contributed by atoms with van der Waals surface area (Å²) in [5, 5.41) is 13.9. The van der Waals surface area contributed by atoms with E-state index in [2.05, 4.69) is 33.1 Å². The van der Waals surface area contributed by atoms with E-state index in [0.29, 0.717) is 5.56 Å². The van der Waals surface area contributed by atoms with Gasteiger partial charge in [0.2, 0.25) is 0 Å². The predicted octanol–water partition coefficient (Wildman–Crippen LogP) is 3.11. The molecule has 5 heteroatoms. The van der Waals surface area contributed by atoms with Gasteiger partial charge in [-0.25, -0.2) is 4.98 Å². The van der Waals surface area contributed by atoms with Crippen molar-refractivity contribution in [2.45, 2.75) is 25.0 Å². The zero-order valence-electron chi connectivity index (χ0n) is 15.1. The molecule has 0 radical (unpaired) electrons. The molecule has 1 aromatic heterocycles. The number of aliphatic hydroxyl groups excluding tert-OH is 1. The highest BCUT2D eigenvalue weighted by Gasteiger charge is 2.40. The van der Waals surface area contributed by atoms with Crippen LogP contribution in [0.2, 0.25) is 0 Å². The molecule has 0 saturated carbocycles. The van der Waals surface area contributed by atoms with Gasteiger partial charge in [0, 0.05) is 24.1 Å². The van der Waals surface area contributed by atoms with Gasteiger partial charge in [-0.05, 0) is 41.7 Å². The first-order chi connectivity index (χ1) is 13.2. The second kappa shape index (κ2) is 6.06. The zero-order valence-corrected chi connectivity index (χ0v) is 15.1. The molecular formula is C22H21N3O2. The number of aromatic nitrogens is 2. The molecule has 27 heavy (non-hydrogen) atoms. The lowest BCUT2D eigenvalue weighted by atomic mass is 9.75. The highest BCUT2D eigenvalue weighted by Crippen LogP contribution is 2.49. The normalized spacial score (nSPS) is 22.7. The third-order valence-electron chi connectivity index (χ3n) is 6.03. The van der Waals surface area contributed by atoms with Crippen molar-refractivity contribution >= 4 is 5.91 Å². The van der Waals surface area contributed by atoms with Crippen LogP contribution in [0.4, 0.5) is 0 Å². The molecule has 3 aromatic rings. The first kappa shape index (κ1) is 16.3. The molecule has 1 aliphatic carbocycles. The zero-order chi connectivity index (χ0) is 18.5. The Morgan fingerprint density at radius 3 is 2.93 bits per heavy atom. The van der Waals surface area contributed by atoms with Gasteiger partial charge in [-0.3, -0.25) is 4.79 Å². The maximum atomic E-state index is 11.9. The Hall–Kier alpha value is -2.92. The van der Waals surface area contributed by atoms with Crippen LogP contribution in [0.25, 0.3) is 11.3 Å². The Morgan fingerprint density at radius 2 is 2.07 bits per heavy atom. The monoisotopic (exact) mass is 359 g/mol. The van der Waals surface area contributed by atoms with Crippen molar-refractivity contribution < 1.29 is 9.90 Å². The third kappa shape index (κ3) is 2.35. The number of hydrogen-bond acceptors (Lipinski definition) is 3. The average molecular weight is 359 g/mol. The summed E-state index contributed by atoms with van der Waals surface area (Å²) in [5.41, 5.74) is 6.22. The molecule has 1 aliphatic heterocycles. The van der Waals surface area contributed by atoms with Gasteiger partial charge in [-0.2, -0.15) is 0 Å². The molecule has 0 unspecified atom stereocenters. The van der Waals surface area contributed by atoms with E-state index in [1.165, 1.54) is 11.1 Å². The first-order valence-corrected chi connectivity index (χ1v) is 9.33. The summed E-state index contributed by atoms with van der Waals surface area (Å²) < 4.78 is 2.20. The second-order valence-electron chi connectivity index (χ2n) is 7.36. The van der Waals surface area contributed by atoms with Crippen molar-refractivity contribution in [2.75, 3.05) is 7.05 Å². The average Bonchev–Trinajstić information content (AvgIpc) is 3.29. The molecule has 2 aliphatic rings. The molecule has 2 aromatic carbocycles. The van der Waals surface area contributed by atoms with E-state index in [0.717, 1.165) is 29.7 Å². The van der Waals surface area contributed by atoms with E-state index in [4.69, 9.17) is 0 Å². The predicted molar refractivity (Wildman–Crippen MR) is 102 cm³/mol. The molecule has 3 atom stereocenters. The number of carbonyl (C=O) groups excluding carboxylic acids is 1. The number of nitrogens with zero attached hydrogens (tertiary/aromatic N) is 2. The van der Waals surface area contributed by atoms with E-state index in [1.54, 1.807) is 13.1 Å². The number of aryl methyl sites for hydroxylation is 1. The maximum Gasteiger partial charge on any atom is 0.251 e. The fraction of sp³-hybridized carbons (Fsp3) is 0.273. The molecule has 0 saturated heterocycles. The molecular weight excluding hydrogens is 338 g/mol. The number of carbonyl (C=O) groups is 1. The molecule has 136 valence electrons. The highest BCUT2D eigenvalue weighted by atomic mass is 16.3. The minimum absolute atomic E-state index is 0.0694. The van der Waals surface area contributed by atoms with Gasteiger partial charge in [-0.15, -0.1) is 0 Å². The number of amides is 1. The van der Waals surface area contributed by atoms with E-state index < -0.39 is 6.10 Å². The summed E-state index contributed by atoms with van der Waals surface area (Å²) in [7, 11) is 1.63. The molecule has 5 rings (SSSR count). The largest absolute Gasteiger partial charge is 0.388 e. The van der Waals surface area contributed by atoms with Crippen LogP contribution in [0.15, 0.2) is 55.0 Å². The van der Waals surface area contributed by atoms with Crippen LogP contribution in [0, 0.1) is 5.92 Å². The van der Waals surface area contributed by atoms with E-state index in [9.17, 15) is 9.90 Å². The Kier molecular flexibility index (Phi) is 3.65. The van der Waals surface area contributed by atoms with Crippen molar-refractivity contribution in [1.29, 1.82) is 0 Å². The van der Waals surface area contributed by atoms with E-state index in [1.807, 2.05) is 30.7 Å². The molecule has 0 fully saturated rings.